The molecule has 0 aliphatic carbocycles. The van der Waals surface area contributed by atoms with E-state index in [-0.39, 0.29) is 12.2 Å². The van der Waals surface area contributed by atoms with E-state index >= 15 is 0 Å². The Morgan fingerprint density at radius 2 is 2.00 bits per heavy atom. The summed E-state index contributed by atoms with van der Waals surface area (Å²) in [5, 5.41) is 10.4. The van der Waals surface area contributed by atoms with Crippen LogP contribution < -0.4 is 4.74 Å². The van der Waals surface area contributed by atoms with E-state index in [0.717, 1.165) is 29.7 Å². The molecular formula is C17H17FO2. The van der Waals surface area contributed by atoms with Crippen LogP contribution >= 0.6 is 0 Å². The monoisotopic (exact) mass is 272 g/mol. The number of para-hydroxylation sites is 1. The Bertz CT molecular complexity index is 610. The van der Waals surface area contributed by atoms with Gasteiger partial charge in [-0.1, -0.05) is 36.4 Å². The summed E-state index contributed by atoms with van der Waals surface area (Å²) in [4.78, 5) is 0. The fraction of sp³-hybridized carbons (Fsp3) is 0.294. The van der Waals surface area contributed by atoms with Gasteiger partial charge in [0, 0.05) is 12.0 Å². The maximum absolute atomic E-state index is 13.7. The highest BCUT2D eigenvalue weighted by Gasteiger charge is 2.20. The Kier molecular flexibility index (Phi) is 3.70. The summed E-state index contributed by atoms with van der Waals surface area (Å²) < 4.78 is 19.4. The molecule has 0 saturated heterocycles. The lowest BCUT2D eigenvalue weighted by Gasteiger charge is -2.22. The first-order valence-electron chi connectivity index (χ1n) is 6.92. The second-order valence-corrected chi connectivity index (χ2v) is 5.10. The highest BCUT2D eigenvalue weighted by atomic mass is 19.1. The second kappa shape index (κ2) is 5.63. The minimum atomic E-state index is -0.750. The Labute approximate surface area is 117 Å². The first kappa shape index (κ1) is 13.1. The fourth-order valence-corrected chi connectivity index (χ4v) is 2.66. The number of aliphatic hydroxyl groups excluding tert-OH is 1. The van der Waals surface area contributed by atoms with Gasteiger partial charge in [0.2, 0.25) is 0 Å². The largest absolute Gasteiger partial charge is 0.493 e. The van der Waals surface area contributed by atoms with Gasteiger partial charge >= 0.3 is 0 Å². The Balaban J connectivity index is 1.88. The van der Waals surface area contributed by atoms with Gasteiger partial charge in [-0.2, -0.15) is 0 Å². The zero-order chi connectivity index (χ0) is 13.9. The molecule has 2 nitrogen and oxygen atoms in total. The number of aryl methyl sites for hydroxylation is 1. The maximum atomic E-state index is 13.7. The van der Waals surface area contributed by atoms with Crippen LogP contribution in [0.25, 0.3) is 0 Å². The molecule has 2 aromatic rings. The summed E-state index contributed by atoms with van der Waals surface area (Å²) in [6.45, 7) is 0.677. The molecule has 1 aliphatic rings. The van der Waals surface area contributed by atoms with Crippen LogP contribution in [0.3, 0.4) is 0 Å². The van der Waals surface area contributed by atoms with Gasteiger partial charge in [-0.3, -0.25) is 0 Å². The zero-order valence-corrected chi connectivity index (χ0v) is 11.2. The molecule has 1 aliphatic heterocycles. The van der Waals surface area contributed by atoms with Gasteiger partial charge in [0.1, 0.15) is 11.6 Å². The van der Waals surface area contributed by atoms with E-state index in [1.807, 2.05) is 18.2 Å². The van der Waals surface area contributed by atoms with Crippen LogP contribution in [0.2, 0.25) is 0 Å². The van der Waals surface area contributed by atoms with Crippen molar-refractivity contribution >= 4 is 0 Å². The van der Waals surface area contributed by atoms with Crippen molar-refractivity contribution in [3.8, 4) is 5.75 Å². The number of aliphatic hydroxyl groups is 1. The topological polar surface area (TPSA) is 29.5 Å². The van der Waals surface area contributed by atoms with Crippen molar-refractivity contribution in [3.05, 3.63) is 65.0 Å². The van der Waals surface area contributed by atoms with E-state index in [4.69, 9.17) is 4.74 Å². The Hall–Kier alpha value is -1.87. The smallest absolute Gasteiger partial charge is 0.128 e. The van der Waals surface area contributed by atoms with E-state index in [0.29, 0.717) is 12.2 Å². The highest BCUT2D eigenvalue weighted by Crippen LogP contribution is 2.34. The van der Waals surface area contributed by atoms with Crippen LogP contribution in [0.5, 0.6) is 5.75 Å². The number of benzene rings is 2. The molecule has 1 unspecified atom stereocenters. The van der Waals surface area contributed by atoms with Crippen molar-refractivity contribution in [1.82, 2.24) is 0 Å². The molecule has 0 bridgehead atoms. The second-order valence-electron chi connectivity index (χ2n) is 5.10. The SMILES string of the molecule is OC(Cc1ccccc1F)c1cccc2c1OCCC2. The van der Waals surface area contributed by atoms with Crippen molar-refractivity contribution in [2.24, 2.45) is 0 Å². The van der Waals surface area contributed by atoms with Gasteiger partial charge in [-0.25, -0.2) is 4.39 Å². The van der Waals surface area contributed by atoms with Gasteiger partial charge < -0.3 is 9.84 Å². The predicted molar refractivity (Wildman–Crippen MR) is 75.3 cm³/mol. The third-order valence-electron chi connectivity index (χ3n) is 3.69. The summed E-state index contributed by atoms with van der Waals surface area (Å²) in [7, 11) is 0. The van der Waals surface area contributed by atoms with Crippen molar-refractivity contribution in [3.63, 3.8) is 0 Å². The normalized spacial score (nSPS) is 15.3. The van der Waals surface area contributed by atoms with Gasteiger partial charge in [-0.15, -0.1) is 0 Å². The molecule has 3 rings (SSSR count). The third kappa shape index (κ3) is 2.54. The van der Waals surface area contributed by atoms with Gasteiger partial charge in [0.05, 0.1) is 12.7 Å². The number of ether oxygens (including phenoxy) is 1. The number of hydrogen-bond acceptors (Lipinski definition) is 2. The van der Waals surface area contributed by atoms with E-state index in [1.54, 1.807) is 18.2 Å². The molecule has 1 N–H and O–H groups in total. The highest BCUT2D eigenvalue weighted by molar-refractivity contribution is 5.44. The molecule has 0 spiro atoms. The number of halogens is 1. The standard InChI is InChI=1S/C17H17FO2/c18-15-9-2-1-5-13(15)11-16(19)14-8-3-6-12-7-4-10-20-17(12)14/h1-3,5-6,8-9,16,19H,4,7,10-11H2. The van der Waals surface area contributed by atoms with Gasteiger partial charge in [-0.05, 0) is 30.0 Å². The predicted octanol–water partition coefficient (Wildman–Crippen LogP) is 3.43. The van der Waals surface area contributed by atoms with Crippen LogP contribution in [0, 0.1) is 5.82 Å². The average molecular weight is 272 g/mol. The maximum Gasteiger partial charge on any atom is 0.128 e. The Morgan fingerprint density at radius 1 is 1.15 bits per heavy atom. The van der Waals surface area contributed by atoms with Crippen LogP contribution in [0.4, 0.5) is 4.39 Å². The van der Waals surface area contributed by atoms with Crippen LogP contribution in [-0.4, -0.2) is 11.7 Å². The molecule has 0 amide bonds. The summed E-state index contributed by atoms with van der Waals surface area (Å²) in [6.07, 6.45) is 1.47. The quantitative estimate of drug-likeness (QED) is 0.927. The number of fused-ring (bicyclic) bond motifs is 1. The van der Waals surface area contributed by atoms with E-state index in [2.05, 4.69) is 0 Å². The summed E-state index contributed by atoms with van der Waals surface area (Å²) >= 11 is 0. The number of rotatable bonds is 3. The molecular weight excluding hydrogens is 255 g/mol. The van der Waals surface area contributed by atoms with Crippen LogP contribution in [-0.2, 0) is 12.8 Å². The van der Waals surface area contributed by atoms with Gasteiger partial charge in [0.15, 0.2) is 0 Å². The molecule has 1 atom stereocenters. The van der Waals surface area contributed by atoms with Crippen molar-refractivity contribution in [1.29, 1.82) is 0 Å². The molecule has 0 fully saturated rings. The first-order valence-corrected chi connectivity index (χ1v) is 6.92. The average Bonchev–Trinajstić information content (AvgIpc) is 2.49. The minimum Gasteiger partial charge on any atom is -0.493 e. The fourth-order valence-electron chi connectivity index (χ4n) is 2.66. The molecule has 104 valence electrons. The minimum absolute atomic E-state index is 0.256. The van der Waals surface area contributed by atoms with Crippen molar-refractivity contribution < 1.29 is 14.2 Å². The molecule has 0 aromatic heterocycles. The van der Waals surface area contributed by atoms with E-state index in [9.17, 15) is 9.50 Å². The van der Waals surface area contributed by atoms with Gasteiger partial charge in [0.25, 0.3) is 0 Å². The lowest BCUT2D eigenvalue weighted by molar-refractivity contribution is 0.168. The van der Waals surface area contributed by atoms with Crippen LogP contribution in [0.15, 0.2) is 42.5 Å². The molecule has 0 saturated carbocycles. The van der Waals surface area contributed by atoms with E-state index < -0.39 is 6.10 Å². The molecule has 3 heteroatoms. The van der Waals surface area contributed by atoms with Crippen LogP contribution in [0.1, 0.15) is 29.2 Å². The summed E-state index contributed by atoms with van der Waals surface area (Å²) in [5.41, 5.74) is 2.40. The van der Waals surface area contributed by atoms with E-state index in [1.165, 1.54) is 6.07 Å². The zero-order valence-electron chi connectivity index (χ0n) is 11.2. The lowest BCUT2D eigenvalue weighted by Crippen LogP contribution is -2.13. The summed E-state index contributed by atoms with van der Waals surface area (Å²) in [6, 6.07) is 12.4. The molecule has 2 aromatic carbocycles. The van der Waals surface area contributed by atoms with Crippen molar-refractivity contribution in [2.45, 2.75) is 25.4 Å². The summed E-state index contributed by atoms with van der Waals surface area (Å²) in [5.74, 6) is 0.500. The lowest BCUT2D eigenvalue weighted by atomic mass is 9.96. The molecule has 20 heavy (non-hydrogen) atoms. The first-order chi connectivity index (χ1) is 9.75. The Morgan fingerprint density at radius 3 is 2.85 bits per heavy atom. The number of hydrogen-bond donors (Lipinski definition) is 1. The third-order valence-corrected chi connectivity index (χ3v) is 3.69. The van der Waals surface area contributed by atoms with Crippen molar-refractivity contribution in [2.75, 3.05) is 6.61 Å². The molecule has 1 heterocycles. The molecule has 0 radical (unpaired) electrons.